The number of fused-ring (bicyclic) bond motifs is 5. The summed E-state index contributed by atoms with van der Waals surface area (Å²) in [6, 6.07) is 0.380. The van der Waals surface area contributed by atoms with Gasteiger partial charge in [0.2, 0.25) is 5.91 Å². The number of rotatable bonds is 5. The van der Waals surface area contributed by atoms with E-state index in [1.54, 1.807) is 0 Å². The zero-order chi connectivity index (χ0) is 22.6. The van der Waals surface area contributed by atoms with E-state index < -0.39 is 11.9 Å². The van der Waals surface area contributed by atoms with Crippen molar-refractivity contribution in [1.29, 1.82) is 0 Å². The number of hydrogen-bond acceptors (Lipinski definition) is 4. The van der Waals surface area contributed by atoms with E-state index in [1.807, 2.05) is 18.9 Å². The van der Waals surface area contributed by atoms with Crippen molar-refractivity contribution in [3.8, 4) is 0 Å². The Balaban J connectivity index is 1.47. The van der Waals surface area contributed by atoms with E-state index in [9.17, 15) is 14.4 Å². The molecule has 4 fully saturated rings. The lowest BCUT2D eigenvalue weighted by Gasteiger charge is -2.62. The number of carboxylic acid groups (broad SMARTS) is 1. The summed E-state index contributed by atoms with van der Waals surface area (Å²) in [5, 5.41) is 8.82. The molecule has 6 heteroatoms. The Morgan fingerprint density at radius 3 is 2.48 bits per heavy atom. The molecule has 2 unspecified atom stereocenters. The zero-order valence-corrected chi connectivity index (χ0v) is 19.6. The first-order valence-corrected chi connectivity index (χ1v) is 12.2. The van der Waals surface area contributed by atoms with Crippen LogP contribution in [0.1, 0.15) is 85.0 Å². The summed E-state index contributed by atoms with van der Waals surface area (Å²) in [6.07, 6.45) is 8.24. The van der Waals surface area contributed by atoms with Gasteiger partial charge in [-0.15, -0.1) is 0 Å². The molecule has 0 bridgehead atoms. The fourth-order valence-electron chi connectivity index (χ4n) is 8.52. The highest BCUT2D eigenvalue weighted by molar-refractivity contribution is 5.77. The Morgan fingerprint density at radius 1 is 1.06 bits per heavy atom. The van der Waals surface area contributed by atoms with Gasteiger partial charge in [0, 0.05) is 25.4 Å². The highest BCUT2D eigenvalue weighted by Gasteiger charge is 2.61. The molecule has 4 rings (SSSR count). The second-order valence-electron chi connectivity index (χ2n) is 11.3. The number of nitrogens with zero attached hydrogens (tertiary/aromatic N) is 1. The van der Waals surface area contributed by atoms with Gasteiger partial charge in [-0.05, 0) is 80.5 Å². The molecule has 31 heavy (non-hydrogen) atoms. The van der Waals surface area contributed by atoms with E-state index in [0.29, 0.717) is 42.0 Å². The van der Waals surface area contributed by atoms with Crippen molar-refractivity contribution in [2.75, 3.05) is 7.05 Å². The minimum atomic E-state index is -0.963. The summed E-state index contributed by atoms with van der Waals surface area (Å²) in [4.78, 5) is 37.3. The second-order valence-corrected chi connectivity index (χ2v) is 11.3. The van der Waals surface area contributed by atoms with Crippen molar-refractivity contribution >= 4 is 17.8 Å². The SMILES string of the molecule is CC(OC(=O)CCC(=O)O)[C@H]1CC[C@H]2[C@@H]3CCC4N(C)C(=O)CC[C@]4(C)[C@H]3CC[C@]12C. The van der Waals surface area contributed by atoms with Gasteiger partial charge in [0.25, 0.3) is 0 Å². The van der Waals surface area contributed by atoms with Crippen LogP contribution in [0, 0.1) is 34.5 Å². The van der Waals surface area contributed by atoms with Crippen molar-refractivity contribution in [1.82, 2.24) is 4.90 Å². The first-order chi connectivity index (χ1) is 14.6. The number of likely N-dealkylation sites (tertiary alicyclic amines) is 1. The predicted octanol–water partition coefficient (Wildman–Crippen LogP) is 4.26. The first kappa shape index (κ1) is 22.6. The van der Waals surface area contributed by atoms with E-state index >= 15 is 0 Å². The molecule has 1 N–H and O–H groups in total. The molecule has 0 radical (unpaired) electrons. The van der Waals surface area contributed by atoms with Gasteiger partial charge >= 0.3 is 11.9 Å². The average molecular weight is 434 g/mol. The quantitative estimate of drug-likeness (QED) is 0.655. The molecule has 6 nitrogen and oxygen atoms in total. The Kier molecular flexibility index (Phi) is 5.89. The Bertz CT molecular complexity index is 752. The van der Waals surface area contributed by atoms with E-state index in [0.717, 1.165) is 25.7 Å². The lowest BCUT2D eigenvalue weighted by atomic mass is 9.46. The molecule has 0 aromatic heterocycles. The van der Waals surface area contributed by atoms with Crippen molar-refractivity contribution in [3.05, 3.63) is 0 Å². The normalized spacial score (nSPS) is 42.9. The van der Waals surface area contributed by atoms with Crippen LogP contribution in [0.3, 0.4) is 0 Å². The molecule has 3 aliphatic carbocycles. The number of aliphatic carboxylic acids is 1. The van der Waals surface area contributed by atoms with Gasteiger partial charge in [-0.25, -0.2) is 0 Å². The molecule has 4 aliphatic rings. The lowest BCUT2D eigenvalue weighted by Crippen LogP contribution is -2.61. The summed E-state index contributed by atoms with van der Waals surface area (Å²) in [5.74, 6) is 1.31. The monoisotopic (exact) mass is 433 g/mol. The van der Waals surface area contributed by atoms with Crippen LogP contribution in [-0.2, 0) is 19.1 Å². The minimum absolute atomic E-state index is 0.0524. The van der Waals surface area contributed by atoms with Gasteiger partial charge in [-0.2, -0.15) is 0 Å². The van der Waals surface area contributed by atoms with Crippen LogP contribution in [0.15, 0.2) is 0 Å². The molecule has 1 aliphatic heterocycles. The number of ether oxygens (including phenoxy) is 1. The molecule has 1 heterocycles. The third kappa shape index (κ3) is 3.68. The fraction of sp³-hybridized carbons (Fsp3) is 0.880. The second kappa shape index (κ2) is 8.08. The molecule has 0 aromatic rings. The maximum Gasteiger partial charge on any atom is 0.306 e. The van der Waals surface area contributed by atoms with Gasteiger partial charge in [-0.3, -0.25) is 14.4 Å². The summed E-state index contributed by atoms with van der Waals surface area (Å²) < 4.78 is 5.72. The van der Waals surface area contributed by atoms with Crippen LogP contribution in [0.4, 0.5) is 0 Å². The standard InChI is InChI=1S/C25H39NO5/c1-15(31-23(30)10-9-22(28)29)17-6-7-18-16-5-8-20-25(3,14-12-21(27)26(20)4)19(16)11-13-24(17,18)2/h15-20H,5-14H2,1-4H3,(H,28,29)/t15?,16-,17+,18-,19-,20?,24+,25+/m0/s1. The average Bonchev–Trinajstić information content (AvgIpc) is 3.07. The molecule has 1 amide bonds. The summed E-state index contributed by atoms with van der Waals surface area (Å²) in [6.45, 7) is 6.86. The van der Waals surface area contributed by atoms with Crippen molar-refractivity contribution in [2.24, 2.45) is 34.5 Å². The van der Waals surface area contributed by atoms with E-state index in [2.05, 4.69) is 13.8 Å². The smallest absolute Gasteiger partial charge is 0.306 e. The number of carboxylic acids is 1. The van der Waals surface area contributed by atoms with E-state index in [1.165, 1.54) is 19.3 Å². The maximum absolute atomic E-state index is 12.3. The van der Waals surface area contributed by atoms with E-state index in [-0.39, 0.29) is 29.8 Å². The molecule has 174 valence electrons. The molecule has 1 saturated heterocycles. The van der Waals surface area contributed by atoms with E-state index in [4.69, 9.17) is 9.84 Å². The van der Waals surface area contributed by atoms with Crippen molar-refractivity contribution in [3.63, 3.8) is 0 Å². The zero-order valence-electron chi connectivity index (χ0n) is 19.6. The number of carbonyl (C=O) groups excluding carboxylic acids is 2. The molecular formula is C25H39NO5. The van der Waals surface area contributed by atoms with Crippen LogP contribution in [0.5, 0.6) is 0 Å². The lowest BCUT2D eigenvalue weighted by molar-refractivity contribution is -0.165. The molecule has 0 spiro atoms. The van der Waals surface area contributed by atoms with Crippen LogP contribution in [-0.4, -0.2) is 47.0 Å². The largest absolute Gasteiger partial charge is 0.481 e. The Morgan fingerprint density at radius 2 is 1.77 bits per heavy atom. The Hall–Kier alpha value is -1.59. The molecule has 0 aromatic carbocycles. The summed E-state index contributed by atoms with van der Waals surface area (Å²) in [5.41, 5.74) is 0.396. The highest BCUT2D eigenvalue weighted by atomic mass is 16.5. The number of esters is 1. The summed E-state index contributed by atoms with van der Waals surface area (Å²) >= 11 is 0. The van der Waals surface area contributed by atoms with Crippen LogP contribution in [0.2, 0.25) is 0 Å². The molecule has 8 atom stereocenters. The molecular weight excluding hydrogens is 394 g/mol. The number of hydrogen-bond donors (Lipinski definition) is 1. The third-order valence-corrected chi connectivity index (χ3v) is 10.1. The van der Waals surface area contributed by atoms with Crippen molar-refractivity contribution < 1.29 is 24.2 Å². The van der Waals surface area contributed by atoms with Crippen LogP contribution in [0.25, 0.3) is 0 Å². The third-order valence-electron chi connectivity index (χ3n) is 10.1. The fourth-order valence-corrected chi connectivity index (χ4v) is 8.52. The topological polar surface area (TPSA) is 83.9 Å². The van der Waals surface area contributed by atoms with Crippen molar-refractivity contribution in [2.45, 2.75) is 97.1 Å². The number of carbonyl (C=O) groups is 3. The van der Waals surface area contributed by atoms with Crippen LogP contribution >= 0.6 is 0 Å². The highest BCUT2D eigenvalue weighted by Crippen LogP contribution is 2.66. The first-order valence-electron chi connectivity index (χ1n) is 12.2. The van der Waals surface area contributed by atoms with Gasteiger partial charge in [0.05, 0.1) is 12.8 Å². The maximum atomic E-state index is 12.3. The van der Waals surface area contributed by atoms with Crippen LogP contribution < -0.4 is 0 Å². The number of piperidine rings is 1. The van der Waals surface area contributed by atoms with Gasteiger partial charge in [-0.1, -0.05) is 13.8 Å². The van der Waals surface area contributed by atoms with Gasteiger partial charge < -0.3 is 14.7 Å². The predicted molar refractivity (Wildman–Crippen MR) is 116 cm³/mol. The number of amides is 1. The van der Waals surface area contributed by atoms with Gasteiger partial charge in [0.1, 0.15) is 6.10 Å². The van der Waals surface area contributed by atoms with Gasteiger partial charge in [0.15, 0.2) is 0 Å². The Labute approximate surface area is 186 Å². The summed E-state index contributed by atoms with van der Waals surface area (Å²) in [7, 11) is 2.00. The molecule has 3 saturated carbocycles. The minimum Gasteiger partial charge on any atom is -0.481 e.